The minimum atomic E-state index is -0.273. The SMILES string of the molecule is Fc1c[c-]c2c(c1)c1ccccc1n1c2nc2ccsc21.[Br-].[Cl-].[Cl][Zn+].[I-].[Li+].[Mg+2].[Mg+2].[Mg+2].[c-]1cccc2c1c1nc3cc4ccccc4cc3n1c1ccccc21.[c-]1cccc2c1c1nc3ccsc3n1c1ccccc21.[c-]1cccc2c1c1nc3nccnc3n1c1ccccc21.[c-]1cccc2c1c1nc3sccc3n1c1ccccc21. The maximum Gasteiger partial charge on any atom is 2.00 e. The van der Waals surface area contributed by atoms with E-state index < -0.39 is 0 Å². The molecule has 25 heteroatoms. The van der Waals surface area contributed by atoms with Crippen LogP contribution in [0.25, 0.3) is 201 Å². The number of halogens is 5. The minimum absolute atomic E-state index is 0. The molecule has 0 bridgehead atoms. The summed E-state index contributed by atoms with van der Waals surface area (Å²) >= 11 is 5.93. The Hall–Kier alpha value is -8.33. The molecule has 0 spiro atoms. The maximum absolute atomic E-state index is 13.7. The molecule has 116 heavy (non-hydrogen) atoms. The fourth-order valence-electron chi connectivity index (χ4n) is 15.7. The Morgan fingerprint density at radius 2 is 0.690 bits per heavy atom. The third kappa shape index (κ3) is 14.0. The van der Waals surface area contributed by atoms with Gasteiger partial charge in [-0.05, 0) is 115 Å². The Morgan fingerprint density at radius 1 is 0.328 bits per heavy atom. The summed E-state index contributed by atoms with van der Waals surface area (Å²) < 4.78 is 24.6. The molecule has 0 unspecified atom stereocenters. The second-order valence-corrected chi connectivity index (χ2v) is 28.8. The van der Waals surface area contributed by atoms with Gasteiger partial charge < -0.3 is 75.4 Å². The molecule has 0 fully saturated rings. The van der Waals surface area contributed by atoms with E-state index in [-0.39, 0.29) is 147 Å². The number of nitrogens with zero attached hydrogens (tertiary/aromatic N) is 12. The van der Waals surface area contributed by atoms with Crippen molar-refractivity contribution in [3.63, 3.8) is 0 Å². The Bertz CT molecular complexity index is 7960. The standard InChI is InChI=1S/C23H13N2.C17H8FN2S.C17H9N4.2C17H9N2S.BrH.2ClH.HI.Li.3Mg.Zn/c1-2-8-16-14-22-20(13-15(16)7-1)24-23-19-11-4-3-9-17(19)18-10-5-6-12-21(18)25(22)23;18-10-5-6-12-13(9-10)11-3-1-2-4-15(11)20-16(12)19-14-7-8-21-17(14)20;1-2-7-13-11(5-1)12-6-3-4-8-14(12)21-16(13)20-15-17(21)19-10-9-18-15;1-2-7-13-11(5-1)12-6-3-4-8-15(12)19-16(13)18-14-9-10-20-17(14)19;1-2-7-13-11(5-1)12-6-3-4-8-14(12)19-15-9-10-20-17(15)18-16(13)19;;;;;;;;;/h1-10,12-14H;1-5,7-9H;1-6,8-10H;2*1-6,8-10H;4*1H;;;;;/q5*-1;;;;;+1;4*+2/p-4. The zero-order valence-corrected chi connectivity index (χ0v) is 76.4. The van der Waals surface area contributed by atoms with Gasteiger partial charge in [-0.25, -0.2) is 9.97 Å². The van der Waals surface area contributed by atoms with Crippen molar-refractivity contribution < 1.29 is 93.9 Å². The molecule has 0 N–H and O–H groups in total. The van der Waals surface area contributed by atoms with Crippen LogP contribution < -0.4 is 72.2 Å². The molecule has 14 heterocycles. The van der Waals surface area contributed by atoms with Crippen molar-refractivity contribution in [1.29, 1.82) is 0 Å². The van der Waals surface area contributed by atoms with Crippen LogP contribution in [0.2, 0.25) is 0 Å². The predicted octanol–water partition coefficient (Wildman–Crippen LogP) is 10.8. The van der Waals surface area contributed by atoms with Gasteiger partial charge in [0.05, 0.1) is 55.8 Å². The number of rotatable bonds is 0. The van der Waals surface area contributed by atoms with Crippen molar-refractivity contribution in [3.8, 4) is 0 Å². The van der Waals surface area contributed by atoms with Crippen LogP contribution in [-0.2, 0) is 17.3 Å². The van der Waals surface area contributed by atoms with Gasteiger partial charge >= 0.3 is 115 Å². The molecule has 0 aliphatic carbocycles. The summed E-state index contributed by atoms with van der Waals surface area (Å²) in [6, 6.07) is 105. The summed E-state index contributed by atoms with van der Waals surface area (Å²) in [6.45, 7) is 0. The fraction of sp³-hybridized carbons (Fsp3) is 0. The molecule has 0 saturated heterocycles. The second-order valence-electron chi connectivity index (χ2n) is 26.1. The second kappa shape index (κ2) is 35.3. The van der Waals surface area contributed by atoms with Gasteiger partial charge in [0.15, 0.2) is 11.3 Å². The van der Waals surface area contributed by atoms with E-state index in [4.69, 9.17) is 29.6 Å². The number of hydrogen-bond donors (Lipinski definition) is 0. The normalized spacial score (nSPS) is 11.1. The van der Waals surface area contributed by atoms with Gasteiger partial charge in [-0.2, -0.15) is 0 Å². The molecule has 12 aromatic carbocycles. The average Bonchev–Trinajstić information content (AvgIpc) is 1.61. The predicted molar refractivity (Wildman–Crippen MR) is 463 cm³/mol. The number of hydrogen-bond acceptors (Lipinski definition) is 10. The zero-order valence-electron chi connectivity index (χ0n) is 61.5. The largest absolute Gasteiger partial charge is 2.00 e. The van der Waals surface area contributed by atoms with Gasteiger partial charge in [-0.3, -0.25) is 29.3 Å². The van der Waals surface area contributed by atoms with Crippen molar-refractivity contribution in [1.82, 2.24) is 56.9 Å². The van der Waals surface area contributed by atoms with Crippen LogP contribution in [0.3, 0.4) is 0 Å². The smallest absolute Gasteiger partial charge is 1.00 e. The minimum Gasteiger partial charge on any atom is -1.00 e. The van der Waals surface area contributed by atoms with Crippen LogP contribution in [0, 0.1) is 36.1 Å². The molecule has 0 radical (unpaired) electrons. The van der Waals surface area contributed by atoms with E-state index in [0.29, 0.717) is 5.65 Å². The van der Waals surface area contributed by atoms with Gasteiger partial charge in [0.2, 0.25) is 0 Å². The van der Waals surface area contributed by atoms with E-state index in [1.54, 1.807) is 52.5 Å². The first-order valence-electron chi connectivity index (χ1n) is 35.0. The zero-order chi connectivity index (χ0) is 72.4. The summed E-state index contributed by atoms with van der Waals surface area (Å²) in [5, 5.41) is 25.3. The molecule has 534 valence electrons. The third-order valence-corrected chi connectivity index (χ3v) is 22.8. The van der Waals surface area contributed by atoms with Gasteiger partial charge in [0.1, 0.15) is 14.5 Å². The number of pyridine rings is 5. The molecule has 0 aliphatic heterocycles. The Kier molecular flexibility index (Phi) is 25.6. The van der Waals surface area contributed by atoms with E-state index in [9.17, 15) is 4.39 Å². The van der Waals surface area contributed by atoms with Crippen LogP contribution in [-0.4, -0.2) is 126 Å². The molecular formula is C91H48BrCl2FILiMg3N12S3Zn. The van der Waals surface area contributed by atoms with Crippen LogP contribution in [0.5, 0.6) is 0 Å². The van der Waals surface area contributed by atoms with Gasteiger partial charge in [-0.15, -0.1) is 171 Å². The third-order valence-electron chi connectivity index (χ3n) is 20.3. The molecular weight excluding hydrogens is 1800 g/mol. The first kappa shape index (κ1) is 84.1. The summed E-state index contributed by atoms with van der Waals surface area (Å²) in [5.74, 6) is -0.273. The quantitative estimate of drug-likeness (QED) is 0.0643. The van der Waals surface area contributed by atoms with Gasteiger partial charge in [-0.1, -0.05) is 148 Å². The fourth-order valence-corrected chi connectivity index (χ4v) is 18.2. The number of fused-ring (bicyclic) bond motifs is 41. The Balaban J connectivity index is 0.000000117. The van der Waals surface area contributed by atoms with E-state index in [2.05, 4.69) is 236 Å². The van der Waals surface area contributed by atoms with Crippen molar-refractivity contribution in [2.45, 2.75) is 0 Å². The van der Waals surface area contributed by atoms with Gasteiger partial charge in [0.25, 0.3) is 0 Å². The summed E-state index contributed by atoms with van der Waals surface area (Å²) in [7, 11) is 4.76. The summed E-state index contributed by atoms with van der Waals surface area (Å²) in [6.07, 6.45) is 3.37. The molecule has 26 aromatic rings. The monoisotopic (exact) mass is 1840 g/mol. The molecule has 26 rings (SSSR count). The van der Waals surface area contributed by atoms with Crippen molar-refractivity contribution >= 4 is 314 Å². The topological polar surface area (TPSA) is 112 Å². The number of benzene rings is 12. The molecule has 12 nitrogen and oxygen atoms in total. The van der Waals surface area contributed by atoms with E-state index in [1.165, 1.54) is 81.4 Å². The van der Waals surface area contributed by atoms with Crippen LogP contribution in [0.15, 0.2) is 289 Å². The molecule has 14 aromatic heterocycles. The molecule has 0 aliphatic rings. The van der Waals surface area contributed by atoms with Crippen molar-refractivity contribution in [2.24, 2.45) is 0 Å². The van der Waals surface area contributed by atoms with Gasteiger partial charge in [0, 0.05) is 45.8 Å². The summed E-state index contributed by atoms with van der Waals surface area (Å²) in [5.41, 5.74) is 17.2. The molecule has 0 saturated carbocycles. The molecule has 0 atom stereocenters. The average molecular weight is 1850 g/mol. The number of imidazole rings is 5. The van der Waals surface area contributed by atoms with E-state index in [1.807, 2.05) is 96.4 Å². The number of aromatic nitrogens is 12. The number of para-hydroxylation sites is 5. The van der Waals surface area contributed by atoms with Crippen molar-refractivity contribution in [3.05, 3.63) is 326 Å². The first-order valence-corrected chi connectivity index (χ1v) is 41.6. The molecule has 0 amide bonds. The Labute approximate surface area is 780 Å². The maximum atomic E-state index is 13.7. The van der Waals surface area contributed by atoms with Crippen LogP contribution >= 0.6 is 43.7 Å². The van der Waals surface area contributed by atoms with E-state index >= 15 is 0 Å². The first-order chi connectivity index (χ1) is 54.0. The summed E-state index contributed by atoms with van der Waals surface area (Å²) in [4.78, 5) is 36.1. The van der Waals surface area contributed by atoms with Crippen LogP contribution in [0.1, 0.15) is 0 Å². The Morgan fingerprint density at radius 3 is 1.18 bits per heavy atom. The number of thiophene rings is 3. The van der Waals surface area contributed by atoms with Crippen LogP contribution in [0.4, 0.5) is 4.39 Å². The van der Waals surface area contributed by atoms with E-state index in [0.717, 1.165) is 137 Å². The van der Waals surface area contributed by atoms with Crippen molar-refractivity contribution in [2.75, 3.05) is 0 Å².